The molecule has 0 aliphatic carbocycles. The lowest BCUT2D eigenvalue weighted by atomic mass is 10.1. The van der Waals surface area contributed by atoms with E-state index in [2.05, 4.69) is 15.1 Å². The van der Waals surface area contributed by atoms with Crippen LogP contribution in [0.25, 0.3) is 0 Å². The predicted molar refractivity (Wildman–Crippen MR) is 86.2 cm³/mol. The number of carbonyl (C=O) groups is 1. The van der Waals surface area contributed by atoms with Crippen molar-refractivity contribution in [3.63, 3.8) is 0 Å². The number of nitrogens with zero attached hydrogens (tertiary/aromatic N) is 3. The lowest BCUT2D eigenvalue weighted by molar-refractivity contribution is -0.137. The summed E-state index contributed by atoms with van der Waals surface area (Å²) in [5.74, 6) is -0.764. The van der Waals surface area contributed by atoms with Crippen LogP contribution in [0.5, 0.6) is 0 Å². The molecular formula is C17H19N3O3. The van der Waals surface area contributed by atoms with Gasteiger partial charge in [0.25, 0.3) is 0 Å². The van der Waals surface area contributed by atoms with Gasteiger partial charge >= 0.3 is 5.97 Å². The molecule has 0 aliphatic rings. The van der Waals surface area contributed by atoms with Gasteiger partial charge in [-0.3, -0.25) is 4.79 Å². The molecule has 0 saturated heterocycles. The van der Waals surface area contributed by atoms with Gasteiger partial charge in [-0.05, 0) is 19.3 Å². The van der Waals surface area contributed by atoms with E-state index in [4.69, 9.17) is 9.94 Å². The van der Waals surface area contributed by atoms with Crippen LogP contribution in [0.4, 0.5) is 0 Å². The van der Waals surface area contributed by atoms with Gasteiger partial charge in [0.05, 0.1) is 0 Å². The molecule has 120 valence electrons. The van der Waals surface area contributed by atoms with Crippen LogP contribution in [0.15, 0.2) is 54.2 Å². The molecule has 0 unspecified atom stereocenters. The molecule has 23 heavy (non-hydrogen) atoms. The van der Waals surface area contributed by atoms with Gasteiger partial charge in [-0.25, -0.2) is 9.97 Å². The molecule has 0 fully saturated rings. The minimum absolute atomic E-state index is 0.194. The first-order chi connectivity index (χ1) is 11.3. The molecular weight excluding hydrogens is 294 g/mol. The molecule has 0 aliphatic heterocycles. The third kappa shape index (κ3) is 5.86. The summed E-state index contributed by atoms with van der Waals surface area (Å²) >= 11 is 0. The zero-order chi connectivity index (χ0) is 16.3. The summed E-state index contributed by atoms with van der Waals surface area (Å²) in [4.78, 5) is 23.8. The lowest BCUT2D eigenvalue weighted by Gasteiger charge is -2.06. The highest BCUT2D eigenvalue weighted by Crippen LogP contribution is 2.10. The highest BCUT2D eigenvalue weighted by atomic mass is 16.6. The molecule has 1 N–H and O–H groups in total. The number of aliphatic carboxylic acids is 1. The fraction of sp³-hybridized carbons (Fsp3) is 0.294. The van der Waals surface area contributed by atoms with Crippen LogP contribution in [0.2, 0.25) is 0 Å². The average molecular weight is 313 g/mol. The number of aromatic nitrogens is 2. The van der Waals surface area contributed by atoms with Gasteiger partial charge in [0, 0.05) is 29.9 Å². The van der Waals surface area contributed by atoms with Crippen molar-refractivity contribution in [3.05, 3.63) is 60.2 Å². The number of carboxylic acids is 1. The number of carboxylic acid groups (broad SMARTS) is 1. The predicted octanol–water partition coefficient (Wildman–Crippen LogP) is 2.89. The van der Waals surface area contributed by atoms with Crippen molar-refractivity contribution < 1.29 is 14.7 Å². The maximum Gasteiger partial charge on any atom is 0.303 e. The molecule has 1 aromatic carbocycles. The Balaban J connectivity index is 1.94. The minimum atomic E-state index is -0.764. The number of hydrogen-bond donors (Lipinski definition) is 1. The number of hydrogen-bond acceptors (Lipinski definition) is 5. The smallest absolute Gasteiger partial charge is 0.303 e. The quantitative estimate of drug-likeness (QED) is 0.437. The second-order valence-corrected chi connectivity index (χ2v) is 4.97. The molecule has 6 nitrogen and oxygen atoms in total. The van der Waals surface area contributed by atoms with Crippen molar-refractivity contribution >= 4 is 11.7 Å². The van der Waals surface area contributed by atoms with E-state index < -0.39 is 5.97 Å². The standard InChI is InChI=1S/C17H19N3O3/c21-16(22)9-5-2-6-10-23-20-17(14-7-3-1-4-8-14)15-11-18-13-19-12-15/h1,3-4,7-8,11-13H,2,5-6,9-10H2,(H,21,22)/b20-17-. The van der Waals surface area contributed by atoms with Crippen molar-refractivity contribution in [1.82, 2.24) is 9.97 Å². The van der Waals surface area contributed by atoms with Crippen molar-refractivity contribution in [2.45, 2.75) is 25.7 Å². The summed E-state index contributed by atoms with van der Waals surface area (Å²) in [5.41, 5.74) is 2.38. The minimum Gasteiger partial charge on any atom is -0.481 e. The van der Waals surface area contributed by atoms with Crippen molar-refractivity contribution in [3.8, 4) is 0 Å². The van der Waals surface area contributed by atoms with Gasteiger partial charge in [-0.15, -0.1) is 0 Å². The second kappa shape index (κ2) is 9.30. The molecule has 0 bridgehead atoms. The van der Waals surface area contributed by atoms with Gasteiger partial charge in [0.15, 0.2) is 0 Å². The van der Waals surface area contributed by atoms with Crippen LogP contribution in [-0.4, -0.2) is 33.4 Å². The first-order valence-electron chi connectivity index (χ1n) is 7.50. The maximum absolute atomic E-state index is 10.4. The monoisotopic (exact) mass is 313 g/mol. The van der Waals surface area contributed by atoms with E-state index in [0.717, 1.165) is 24.0 Å². The van der Waals surface area contributed by atoms with Gasteiger partial charge in [-0.2, -0.15) is 0 Å². The Hall–Kier alpha value is -2.76. The molecule has 1 heterocycles. The van der Waals surface area contributed by atoms with Crippen LogP contribution < -0.4 is 0 Å². The Morgan fingerprint density at radius 2 is 1.78 bits per heavy atom. The third-order valence-corrected chi connectivity index (χ3v) is 3.16. The summed E-state index contributed by atoms with van der Waals surface area (Å²) in [7, 11) is 0. The molecule has 0 radical (unpaired) electrons. The lowest BCUT2D eigenvalue weighted by Crippen LogP contribution is -2.06. The van der Waals surface area contributed by atoms with Crippen molar-refractivity contribution in [2.24, 2.45) is 5.16 Å². The first kappa shape index (κ1) is 16.6. The number of unbranched alkanes of at least 4 members (excludes halogenated alkanes) is 2. The van der Waals surface area contributed by atoms with Gasteiger partial charge < -0.3 is 9.94 Å². The topological polar surface area (TPSA) is 84.7 Å². The Bertz CT molecular complexity index is 589. The normalized spacial score (nSPS) is 11.2. The third-order valence-electron chi connectivity index (χ3n) is 3.16. The highest BCUT2D eigenvalue weighted by Gasteiger charge is 2.08. The largest absolute Gasteiger partial charge is 0.481 e. The van der Waals surface area contributed by atoms with Gasteiger partial charge in [0.2, 0.25) is 0 Å². The Kier molecular flexibility index (Phi) is 6.71. The van der Waals surface area contributed by atoms with Crippen LogP contribution >= 0.6 is 0 Å². The number of benzene rings is 1. The van der Waals surface area contributed by atoms with E-state index in [9.17, 15) is 4.79 Å². The van der Waals surface area contributed by atoms with E-state index in [0.29, 0.717) is 18.7 Å². The van der Waals surface area contributed by atoms with Crippen LogP contribution in [0.3, 0.4) is 0 Å². The van der Waals surface area contributed by atoms with Crippen LogP contribution in [0.1, 0.15) is 36.8 Å². The Morgan fingerprint density at radius 1 is 1.04 bits per heavy atom. The zero-order valence-electron chi connectivity index (χ0n) is 12.8. The second-order valence-electron chi connectivity index (χ2n) is 4.97. The molecule has 0 atom stereocenters. The first-order valence-corrected chi connectivity index (χ1v) is 7.50. The van der Waals surface area contributed by atoms with Crippen molar-refractivity contribution in [2.75, 3.05) is 6.61 Å². The fourth-order valence-electron chi connectivity index (χ4n) is 2.02. The van der Waals surface area contributed by atoms with Gasteiger partial charge in [-0.1, -0.05) is 35.5 Å². The van der Waals surface area contributed by atoms with Gasteiger partial charge in [0.1, 0.15) is 18.6 Å². The molecule has 0 saturated carbocycles. The molecule has 0 amide bonds. The molecule has 2 rings (SSSR count). The maximum atomic E-state index is 10.4. The van der Waals surface area contributed by atoms with E-state index >= 15 is 0 Å². The number of oxime groups is 1. The zero-order valence-corrected chi connectivity index (χ0v) is 12.8. The Labute approximate surface area is 134 Å². The fourth-order valence-corrected chi connectivity index (χ4v) is 2.02. The summed E-state index contributed by atoms with van der Waals surface area (Å²) in [5, 5.41) is 12.8. The van der Waals surface area contributed by atoms with Crippen LogP contribution in [-0.2, 0) is 9.63 Å². The molecule has 6 heteroatoms. The van der Waals surface area contributed by atoms with E-state index in [1.165, 1.54) is 6.33 Å². The highest BCUT2D eigenvalue weighted by molar-refractivity contribution is 6.12. The van der Waals surface area contributed by atoms with Crippen molar-refractivity contribution in [1.29, 1.82) is 0 Å². The summed E-state index contributed by atoms with van der Waals surface area (Å²) in [6, 6.07) is 9.69. The summed E-state index contributed by atoms with van der Waals surface area (Å²) in [6.45, 7) is 0.448. The summed E-state index contributed by atoms with van der Waals surface area (Å²) < 4.78 is 0. The summed E-state index contributed by atoms with van der Waals surface area (Å²) in [6.07, 6.45) is 7.26. The van der Waals surface area contributed by atoms with Crippen LogP contribution in [0, 0.1) is 0 Å². The molecule has 0 spiro atoms. The van der Waals surface area contributed by atoms with E-state index in [1.807, 2.05) is 30.3 Å². The average Bonchev–Trinajstić information content (AvgIpc) is 2.59. The van der Waals surface area contributed by atoms with E-state index in [1.54, 1.807) is 12.4 Å². The number of rotatable bonds is 9. The van der Waals surface area contributed by atoms with E-state index in [-0.39, 0.29) is 6.42 Å². The molecule has 1 aromatic heterocycles. The molecule has 2 aromatic rings. The Morgan fingerprint density at radius 3 is 2.48 bits per heavy atom. The SMILES string of the molecule is O=C(O)CCCCCO/N=C(/c1ccccc1)c1cncnc1.